The Morgan fingerprint density at radius 2 is 1.44 bits per heavy atom. The summed E-state index contributed by atoms with van der Waals surface area (Å²) >= 11 is 0. The van der Waals surface area contributed by atoms with Crippen LogP contribution in [-0.4, -0.2) is 5.71 Å². The summed E-state index contributed by atoms with van der Waals surface area (Å²) in [5, 5.41) is 10.1. The Balaban J connectivity index is 2.11. The van der Waals surface area contributed by atoms with E-state index in [-0.39, 0.29) is 5.82 Å². The third-order valence-corrected chi connectivity index (χ3v) is 5.04. The molecular formula is C24H19N3. The Hall–Kier alpha value is -3.64. The number of nitrogens with zero attached hydrogens (tertiary/aromatic N) is 2. The number of aliphatic imine (C=N–C) groups is 1. The van der Waals surface area contributed by atoms with Gasteiger partial charge in [0, 0.05) is 0 Å². The summed E-state index contributed by atoms with van der Waals surface area (Å²) in [7, 11) is 0. The van der Waals surface area contributed by atoms with E-state index in [1.54, 1.807) is 0 Å². The topological polar surface area (TPSA) is 62.2 Å². The first-order chi connectivity index (χ1) is 13.2. The predicted molar refractivity (Wildman–Crippen MR) is 108 cm³/mol. The predicted octanol–water partition coefficient (Wildman–Crippen LogP) is 4.48. The molecule has 27 heavy (non-hydrogen) atoms. The SMILES string of the molecule is Cc1cccc(C2=NC(N)=C(C#N)C2(c2ccccc2)c2ccccc2)c1. The average Bonchev–Trinajstić information content (AvgIpc) is 3.02. The van der Waals surface area contributed by atoms with Crippen LogP contribution < -0.4 is 5.73 Å². The number of aryl methyl sites for hydroxylation is 1. The molecule has 0 saturated carbocycles. The lowest BCUT2D eigenvalue weighted by atomic mass is 9.65. The largest absolute Gasteiger partial charge is 0.383 e. The molecule has 0 atom stereocenters. The summed E-state index contributed by atoms with van der Waals surface area (Å²) in [6.07, 6.45) is 0. The number of allylic oxidation sites excluding steroid dienone is 1. The first kappa shape index (κ1) is 16.8. The van der Waals surface area contributed by atoms with Crippen molar-refractivity contribution in [2.45, 2.75) is 12.3 Å². The van der Waals surface area contributed by atoms with Gasteiger partial charge in [-0.05, 0) is 23.6 Å². The van der Waals surface area contributed by atoms with E-state index in [4.69, 9.17) is 10.7 Å². The fraction of sp³-hybridized carbons (Fsp3) is 0.0833. The molecule has 0 amide bonds. The molecule has 2 N–H and O–H groups in total. The maximum atomic E-state index is 10.1. The molecule has 4 rings (SSSR count). The fourth-order valence-corrected chi connectivity index (χ4v) is 3.89. The molecule has 0 saturated heterocycles. The molecular weight excluding hydrogens is 330 g/mol. The highest BCUT2D eigenvalue weighted by Crippen LogP contribution is 2.46. The van der Waals surface area contributed by atoms with Crippen LogP contribution in [0.2, 0.25) is 0 Å². The van der Waals surface area contributed by atoms with Crippen LogP contribution in [0.15, 0.2) is 101 Å². The van der Waals surface area contributed by atoms with Gasteiger partial charge in [0.15, 0.2) is 0 Å². The molecule has 0 spiro atoms. The van der Waals surface area contributed by atoms with Crippen molar-refractivity contribution in [1.82, 2.24) is 0 Å². The second-order valence-corrected chi connectivity index (χ2v) is 6.68. The van der Waals surface area contributed by atoms with Crippen molar-refractivity contribution in [2.75, 3.05) is 0 Å². The maximum Gasteiger partial charge on any atom is 0.139 e. The summed E-state index contributed by atoms with van der Waals surface area (Å²) in [6, 6.07) is 30.6. The lowest BCUT2D eigenvalue weighted by Gasteiger charge is -2.33. The summed E-state index contributed by atoms with van der Waals surface area (Å²) in [6.45, 7) is 2.05. The van der Waals surface area contributed by atoms with Crippen LogP contribution in [0.5, 0.6) is 0 Å². The fourth-order valence-electron chi connectivity index (χ4n) is 3.89. The normalized spacial score (nSPS) is 15.3. The van der Waals surface area contributed by atoms with E-state index in [1.807, 2.05) is 85.8 Å². The quantitative estimate of drug-likeness (QED) is 0.758. The Morgan fingerprint density at radius 3 is 1.96 bits per heavy atom. The van der Waals surface area contributed by atoms with Crippen LogP contribution in [-0.2, 0) is 5.41 Å². The van der Waals surface area contributed by atoms with Crippen molar-refractivity contribution >= 4 is 5.71 Å². The first-order valence-electron chi connectivity index (χ1n) is 8.85. The number of hydrogen-bond acceptors (Lipinski definition) is 3. The molecule has 3 aromatic carbocycles. The molecule has 1 aliphatic heterocycles. The standard InChI is InChI=1S/C24H19N3/c1-17-9-8-10-18(15-17)22-24(19-11-4-2-5-12-19,20-13-6-3-7-14-20)21(16-25)23(26)27-22/h2-15H,26H2,1H3. The van der Waals surface area contributed by atoms with Gasteiger partial charge in [-0.1, -0.05) is 90.5 Å². The van der Waals surface area contributed by atoms with Crippen molar-refractivity contribution in [2.24, 2.45) is 10.7 Å². The van der Waals surface area contributed by atoms with Gasteiger partial charge < -0.3 is 5.73 Å². The van der Waals surface area contributed by atoms with E-state index in [1.165, 1.54) is 0 Å². The van der Waals surface area contributed by atoms with Crippen LogP contribution in [0.4, 0.5) is 0 Å². The smallest absolute Gasteiger partial charge is 0.139 e. The van der Waals surface area contributed by atoms with Crippen molar-refractivity contribution in [3.8, 4) is 6.07 Å². The molecule has 3 heteroatoms. The summed E-state index contributed by atoms with van der Waals surface area (Å²) in [5.41, 5.74) is 10.8. The molecule has 0 aliphatic carbocycles. The number of nitrogens with two attached hydrogens (primary N) is 1. The highest BCUT2D eigenvalue weighted by Gasteiger charge is 2.48. The third kappa shape index (κ3) is 2.54. The van der Waals surface area contributed by atoms with E-state index in [2.05, 4.69) is 12.1 Å². The van der Waals surface area contributed by atoms with Gasteiger partial charge in [-0.15, -0.1) is 0 Å². The molecule has 0 radical (unpaired) electrons. The molecule has 0 aromatic heterocycles. The van der Waals surface area contributed by atoms with Crippen LogP contribution in [0.1, 0.15) is 22.3 Å². The molecule has 0 bridgehead atoms. The van der Waals surface area contributed by atoms with Gasteiger partial charge in [0.25, 0.3) is 0 Å². The second-order valence-electron chi connectivity index (χ2n) is 6.68. The van der Waals surface area contributed by atoms with E-state index in [9.17, 15) is 5.26 Å². The molecule has 0 fully saturated rings. The van der Waals surface area contributed by atoms with Crippen LogP contribution in [0.25, 0.3) is 0 Å². The van der Waals surface area contributed by atoms with Crippen LogP contribution in [0.3, 0.4) is 0 Å². The first-order valence-corrected chi connectivity index (χ1v) is 8.85. The monoisotopic (exact) mass is 349 g/mol. The zero-order chi connectivity index (χ0) is 18.9. The van der Waals surface area contributed by atoms with E-state index in [0.717, 1.165) is 28.0 Å². The van der Waals surface area contributed by atoms with Gasteiger partial charge in [0.2, 0.25) is 0 Å². The van der Waals surface area contributed by atoms with Crippen molar-refractivity contribution in [1.29, 1.82) is 5.26 Å². The number of nitriles is 1. The van der Waals surface area contributed by atoms with Crippen LogP contribution >= 0.6 is 0 Å². The molecule has 3 nitrogen and oxygen atoms in total. The molecule has 1 aliphatic rings. The Labute approximate surface area is 159 Å². The highest BCUT2D eigenvalue weighted by molar-refractivity contribution is 6.15. The lowest BCUT2D eigenvalue weighted by molar-refractivity contribution is 0.842. The van der Waals surface area contributed by atoms with Gasteiger partial charge in [0.1, 0.15) is 17.3 Å². The summed E-state index contributed by atoms with van der Waals surface area (Å²) < 4.78 is 0. The van der Waals surface area contributed by atoms with Gasteiger partial charge in [-0.2, -0.15) is 5.26 Å². The van der Waals surface area contributed by atoms with Crippen molar-refractivity contribution in [3.05, 3.63) is 119 Å². The lowest BCUT2D eigenvalue weighted by Crippen LogP contribution is -2.37. The zero-order valence-corrected chi connectivity index (χ0v) is 15.1. The maximum absolute atomic E-state index is 10.1. The molecule has 1 heterocycles. The Bertz CT molecular complexity index is 1050. The van der Waals surface area contributed by atoms with Gasteiger partial charge >= 0.3 is 0 Å². The highest BCUT2D eigenvalue weighted by atomic mass is 15.0. The van der Waals surface area contributed by atoms with Crippen molar-refractivity contribution < 1.29 is 0 Å². The van der Waals surface area contributed by atoms with E-state index < -0.39 is 5.41 Å². The van der Waals surface area contributed by atoms with Gasteiger partial charge in [-0.3, -0.25) is 0 Å². The van der Waals surface area contributed by atoms with E-state index >= 15 is 0 Å². The Morgan fingerprint density at radius 1 is 0.852 bits per heavy atom. The second kappa shape index (κ2) is 6.59. The Kier molecular flexibility index (Phi) is 4.10. The van der Waals surface area contributed by atoms with Gasteiger partial charge in [-0.25, -0.2) is 4.99 Å². The molecule has 0 unspecified atom stereocenters. The minimum Gasteiger partial charge on any atom is -0.383 e. The average molecular weight is 349 g/mol. The van der Waals surface area contributed by atoms with Gasteiger partial charge in [0.05, 0.1) is 11.3 Å². The summed E-state index contributed by atoms with van der Waals surface area (Å²) in [5.74, 6) is 0.279. The molecule has 3 aromatic rings. The van der Waals surface area contributed by atoms with Crippen LogP contribution in [0, 0.1) is 18.3 Å². The minimum atomic E-state index is -0.824. The molecule has 130 valence electrons. The van der Waals surface area contributed by atoms with Crippen molar-refractivity contribution in [3.63, 3.8) is 0 Å². The number of rotatable bonds is 3. The third-order valence-electron chi connectivity index (χ3n) is 5.04. The number of benzene rings is 3. The number of hydrogen-bond donors (Lipinski definition) is 1. The minimum absolute atomic E-state index is 0.279. The summed E-state index contributed by atoms with van der Waals surface area (Å²) in [4.78, 5) is 4.71. The van der Waals surface area contributed by atoms with E-state index in [0.29, 0.717) is 5.57 Å². The zero-order valence-electron chi connectivity index (χ0n) is 15.1.